The predicted octanol–water partition coefficient (Wildman–Crippen LogP) is 3.18. The van der Waals surface area contributed by atoms with Crippen LogP contribution in [0, 0.1) is 25.2 Å². The average Bonchev–Trinajstić information content (AvgIpc) is 2.73. The molecular formula is C16H19ClN4. The highest BCUT2D eigenvalue weighted by Gasteiger charge is 2.12. The first-order valence-corrected chi connectivity index (χ1v) is 7.36. The minimum Gasteiger partial charge on any atom is -0.313 e. The highest BCUT2D eigenvalue weighted by Crippen LogP contribution is 2.21. The summed E-state index contributed by atoms with van der Waals surface area (Å²) in [6.07, 6.45) is 0. The van der Waals surface area contributed by atoms with Crippen molar-refractivity contribution in [3.8, 4) is 6.07 Å². The van der Waals surface area contributed by atoms with Crippen molar-refractivity contribution < 1.29 is 0 Å². The number of hydrogen-bond acceptors (Lipinski definition) is 3. The SMILES string of the molecule is CCNCc1c(C)nn(Cc2ccc(C#N)cc2Cl)c1C. The number of benzene rings is 1. The summed E-state index contributed by atoms with van der Waals surface area (Å²) in [7, 11) is 0. The average molecular weight is 303 g/mol. The second-order valence-corrected chi connectivity index (χ2v) is 5.41. The van der Waals surface area contributed by atoms with E-state index in [0.717, 1.165) is 30.0 Å². The highest BCUT2D eigenvalue weighted by atomic mass is 35.5. The summed E-state index contributed by atoms with van der Waals surface area (Å²) in [5.74, 6) is 0. The topological polar surface area (TPSA) is 53.6 Å². The number of rotatable bonds is 5. The van der Waals surface area contributed by atoms with Gasteiger partial charge in [-0.15, -0.1) is 0 Å². The fourth-order valence-corrected chi connectivity index (χ4v) is 2.54. The van der Waals surface area contributed by atoms with Crippen LogP contribution in [-0.2, 0) is 13.1 Å². The molecular weight excluding hydrogens is 284 g/mol. The molecule has 0 amide bonds. The van der Waals surface area contributed by atoms with Crippen LogP contribution in [-0.4, -0.2) is 16.3 Å². The third kappa shape index (κ3) is 3.44. The van der Waals surface area contributed by atoms with Crippen LogP contribution in [0.4, 0.5) is 0 Å². The third-order valence-corrected chi connectivity index (χ3v) is 3.94. The maximum Gasteiger partial charge on any atom is 0.0992 e. The molecule has 1 aromatic heterocycles. The van der Waals surface area contributed by atoms with Crippen molar-refractivity contribution in [3.63, 3.8) is 0 Å². The minimum absolute atomic E-state index is 0.574. The van der Waals surface area contributed by atoms with Crippen molar-refractivity contribution in [2.75, 3.05) is 6.54 Å². The Morgan fingerprint density at radius 3 is 2.76 bits per heavy atom. The van der Waals surface area contributed by atoms with Gasteiger partial charge in [-0.25, -0.2) is 0 Å². The maximum absolute atomic E-state index is 8.88. The molecule has 0 atom stereocenters. The summed E-state index contributed by atoms with van der Waals surface area (Å²) in [5.41, 5.74) is 4.97. The highest BCUT2D eigenvalue weighted by molar-refractivity contribution is 6.31. The van der Waals surface area contributed by atoms with E-state index in [4.69, 9.17) is 16.9 Å². The molecule has 0 aliphatic rings. The number of halogens is 1. The second-order valence-electron chi connectivity index (χ2n) is 5.01. The van der Waals surface area contributed by atoms with Crippen molar-refractivity contribution >= 4 is 11.6 Å². The number of nitrogens with one attached hydrogen (secondary N) is 1. The van der Waals surface area contributed by atoms with Crippen molar-refractivity contribution in [2.24, 2.45) is 0 Å². The van der Waals surface area contributed by atoms with Crippen LogP contribution in [0.1, 0.15) is 35.0 Å². The molecule has 0 saturated heterocycles. The molecule has 1 heterocycles. The van der Waals surface area contributed by atoms with Crippen LogP contribution >= 0.6 is 11.6 Å². The maximum atomic E-state index is 8.88. The van der Waals surface area contributed by atoms with Gasteiger partial charge in [-0.1, -0.05) is 24.6 Å². The molecule has 5 heteroatoms. The lowest BCUT2D eigenvalue weighted by Crippen LogP contribution is -2.13. The van der Waals surface area contributed by atoms with Crippen molar-refractivity contribution in [1.29, 1.82) is 5.26 Å². The largest absolute Gasteiger partial charge is 0.313 e. The van der Waals surface area contributed by atoms with Gasteiger partial charge in [0, 0.05) is 22.8 Å². The first-order chi connectivity index (χ1) is 10.1. The van der Waals surface area contributed by atoms with Gasteiger partial charge in [-0.2, -0.15) is 10.4 Å². The zero-order chi connectivity index (χ0) is 15.4. The number of hydrogen-bond donors (Lipinski definition) is 1. The van der Waals surface area contributed by atoms with Crippen LogP contribution in [0.15, 0.2) is 18.2 Å². The summed E-state index contributed by atoms with van der Waals surface area (Å²) >= 11 is 6.24. The Bertz CT molecular complexity index is 682. The predicted molar refractivity (Wildman–Crippen MR) is 84.4 cm³/mol. The number of aryl methyl sites for hydroxylation is 1. The fourth-order valence-electron chi connectivity index (χ4n) is 2.30. The standard InChI is InChI=1S/C16H19ClN4/c1-4-19-9-15-11(2)20-21(12(15)3)10-14-6-5-13(8-18)7-16(14)17/h5-7,19H,4,9-10H2,1-3H3. The molecule has 0 radical (unpaired) electrons. The van der Waals surface area contributed by atoms with Gasteiger partial charge in [0.05, 0.1) is 23.9 Å². The summed E-state index contributed by atoms with van der Waals surface area (Å²) in [6.45, 7) is 8.57. The van der Waals surface area contributed by atoms with Crippen molar-refractivity contribution in [1.82, 2.24) is 15.1 Å². The Balaban J connectivity index is 2.26. The third-order valence-electron chi connectivity index (χ3n) is 3.59. The van der Waals surface area contributed by atoms with Gasteiger partial charge >= 0.3 is 0 Å². The van der Waals surface area contributed by atoms with Gasteiger partial charge in [0.15, 0.2) is 0 Å². The molecule has 0 fully saturated rings. The quantitative estimate of drug-likeness (QED) is 0.923. The molecule has 0 spiro atoms. The molecule has 0 saturated carbocycles. The van der Waals surface area contributed by atoms with Gasteiger partial charge in [0.2, 0.25) is 0 Å². The molecule has 110 valence electrons. The van der Waals surface area contributed by atoms with E-state index in [0.29, 0.717) is 17.1 Å². The number of nitrogens with zero attached hydrogens (tertiary/aromatic N) is 3. The molecule has 1 aromatic carbocycles. The Morgan fingerprint density at radius 1 is 1.38 bits per heavy atom. The number of nitriles is 1. The lowest BCUT2D eigenvalue weighted by Gasteiger charge is -2.08. The van der Waals surface area contributed by atoms with E-state index >= 15 is 0 Å². The Kier molecular flexibility index (Phi) is 5.00. The smallest absolute Gasteiger partial charge is 0.0992 e. The molecule has 4 nitrogen and oxygen atoms in total. The van der Waals surface area contributed by atoms with Crippen LogP contribution in [0.2, 0.25) is 5.02 Å². The van der Waals surface area contributed by atoms with E-state index in [1.165, 1.54) is 5.56 Å². The van der Waals surface area contributed by atoms with Crippen molar-refractivity contribution in [3.05, 3.63) is 51.3 Å². The fraction of sp³-hybridized carbons (Fsp3) is 0.375. The van der Waals surface area contributed by atoms with Gasteiger partial charge < -0.3 is 5.32 Å². The summed E-state index contributed by atoms with van der Waals surface area (Å²) < 4.78 is 1.97. The Labute approximate surface area is 130 Å². The molecule has 0 aliphatic heterocycles. The zero-order valence-corrected chi connectivity index (χ0v) is 13.3. The zero-order valence-electron chi connectivity index (χ0n) is 12.6. The van der Waals surface area contributed by atoms with E-state index in [1.54, 1.807) is 12.1 Å². The van der Waals surface area contributed by atoms with E-state index < -0.39 is 0 Å². The first-order valence-electron chi connectivity index (χ1n) is 6.99. The molecule has 21 heavy (non-hydrogen) atoms. The molecule has 2 rings (SSSR count). The molecule has 0 bridgehead atoms. The van der Waals surface area contributed by atoms with E-state index in [-0.39, 0.29) is 0 Å². The molecule has 0 aliphatic carbocycles. The van der Waals surface area contributed by atoms with Crippen molar-refractivity contribution in [2.45, 2.75) is 33.9 Å². The Morgan fingerprint density at radius 2 is 2.14 bits per heavy atom. The van der Waals surface area contributed by atoms with E-state index in [9.17, 15) is 0 Å². The van der Waals surface area contributed by atoms with E-state index in [1.807, 2.05) is 17.7 Å². The van der Waals surface area contributed by atoms with Gasteiger partial charge in [0.25, 0.3) is 0 Å². The van der Waals surface area contributed by atoms with Crippen LogP contribution in [0.25, 0.3) is 0 Å². The van der Waals surface area contributed by atoms with Crippen LogP contribution in [0.3, 0.4) is 0 Å². The van der Waals surface area contributed by atoms with Gasteiger partial charge in [0.1, 0.15) is 0 Å². The molecule has 2 aromatic rings. The van der Waals surface area contributed by atoms with Gasteiger partial charge in [-0.05, 0) is 38.1 Å². The monoisotopic (exact) mass is 302 g/mol. The molecule has 1 N–H and O–H groups in total. The lowest BCUT2D eigenvalue weighted by atomic mass is 10.1. The summed E-state index contributed by atoms with van der Waals surface area (Å²) in [5, 5.41) is 17.4. The lowest BCUT2D eigenvalue weighted by molar-refractivity contribution is 0.655. The minimum atomic E-state index is 0.574. The van der Waals surface area contributed by atoms with Crippen LogP contribution in [0.5, 0.6) is 0 Å². The Hall–Kier alpha value is -1.83. The van der Waals surface area contributed by atoms with Crippen LogP contribution < -0.4 is 5.32 Å². The van der Waals surface area contributed by atoms with E-state index in [2.05, 4.69) is 30.3 Å². The normalized spacial score (nSPS) is 10.6. The summed E-state index contributed by atoms with van der Waals surface area (Å²) in [4.78, 5) is 0. The first kappa shape index (κ1) is 15.6. The second kappa shape index (κ2) is 6.75. The van der Waals surface area contributed by atoms with Gasteiger partial charge in [-0.3, -0.25) is 4.68 Å². The molecule has 0 unspecified atom stereocenters. The number of aromatic nitrogens is 2. The summed E-state index contributed by atoms with van der Waals surface area (Å²) in [6, 6.07) is 7.46.